The largest absolute Gasteiger partial charge is 0.489 e. The van der Waals surface area contributed by atoms with Crippen molar-refractivity contribution >= 4 is 0 Å². The van der Waals surface area contributed by atoms with Crippen molar-refractivity contribution in [3.8, 4) is 17.2 Å². The number of hydrogen-bond donors (Lipinski definition) is 1. The van der Waals surface area contributed by atoms with Crippen LogP contribution >= 0.6 is 0 Å². The third-order valence-electron chi connectivity index (χ3n) is 8.44. The predicted octanol–water partition coefficient (Wildman–Crippen LogP) is 8.16. The first-order chi connectivity index (χ1) is 22.2. The molecule has 1 heterocycles. The number of likely N-dealkylation sites (tertiary alicyclic amines) is 1. The molecule has 5 heteroatoms. The van der Waals surface area contributed by atoms with Crippen LogP contribution in [0.4, 0.5) is 0 Å². The second-order valence-electron chi connectivity index (χ2n) is 11.6. The summed E-state index contributed by atoms with van der Waals surface area (Å²) in [6, 6.07) is 44.6. The van der Waals surface area contributed by atoms with Gasteiger partial charge in [0.05, 0.1) is 6.10 Å². The summed E-state index contributed by atoms with van der Waals surface area (Å²) in [7, 11) is 0. The number of aliphatic hydroxyl groups excluding tert-OH is 1. The Balaban J connectivity index is 1.13. The van der Waals surface area contributed by atoms with E-state index < -0.39 is 6.10 Å². The summed E-state index contributed by atoms with van der Waals surface area (Å²) in [6.07, 6.45) is 2.22. The Morgan fingerprint density at radius 1 is 0.600 bits per heavy atom. The van der Waals surface area contributed by atoms with Crippen LogP contribution in [0.3, 0.4) is 0 Å². The van der Waals surface area contributed by atoms with Gasteiger partial charge in [0.2, 0.25) is 0 Å². The minimum atomic E-state index is -0.640. The molecule has 0 amide bonds. The zero-order chi connectivity index (χ0) is 30.7. The zero-order valence-electron chi connectivity index (χ0n) is 25.6. The van der Waals surface area contributed by atoms with Crippen molar-refractivity contribution in [1.29, 1.82) is 0 Å². The molecule has 2 unspecified atom stereocenters. The lowest BCUT2D eigenvalue weighted by molar-refractivity contribution is 0.0727. The maximum Gasteiger partial charge on any atom is 0.162 e. The summed E-state index contributed by atoms with van der Waals surface area (Å²) in [5, 5.41) is 11.7. The molecule has 0 radical (unpaired) electrons. The standard InChI is InChI=1S/C40H41NO4/c42-40(36-20-12-25-41(36)26-24-34-19-10-11-21-37(34)43-28-31-13-4-1-5-14-31)35-22-23-38(44-29-32-15-6-2-7-16-32)39(27-35)45-30-33-17-8-3-9-18-33/h1-11,13-19,21-23,27,36,40,42H,12,20,24-26,28-30H2. The quantitative estimate of drug-likeness (QED) is 0.140. The summed E-state index contributed by atoms with van der Waals surface area (Å²) >= 11 is 0. The number of aliphatic hydroxyl groups is 1. The fourth-order valence-electron chi connectivity index (χ4n) is 5.97. The van der Waals surface area contributed by atoms with Gasteiger partial charge >= 0.3 is 0 Å². The molecule has 1 N–H and O–H groups in total. The number of ether oxygens (including phenoxy) is 3. The van der Waals surface area contributed by atoms with Crippen LogP contribution in [0.15, 0.2) is 133 Å². The van der Waals surface area contributed by atoms with Gasteiger partial charge in [0, 0.05) is 12.6 Å². The molecule has 0 saturated carbocycles. The molecule has 5 aromatic carbocycles. The maximum absolute atomic E-state index is 11.7. The molecule has 0 aliphatic carbocycles. The van der Waals surface area contributed by atoms with E-state index in [1.807, 2.05) is 109 Å². The highest BCUT2D eigenvalue weighted by Gasteiger charge is 2.32. The second-order valence-corrected chi connectivity index (χ2v) is 11.6. The highest BCUT2D eigenvalue weighted by molar-refractivity contribution is 5.44. The monoisotopic (exact) mass is 599 g/mol. The topological polar surface area (TPSA) is 51.2 Å². The van der Waals surface area contributed by atoms with E-state index in [0.717, 1.165) is 60.4 Å². The summed E-state index contributed by atoms with van der Waals surface area (Å²) in [5.41, 5.74) is 5.34. The van der Waals surface area contributed by atoms with E-state index in [2.05, 4.69) is 29.2 Å². The lowest BCUT2D eigenvalue weighted by Gasteiger charge is -2.29. The van der Waals surface area contributed by atoms with Gasteiger partial charge in [-0.2, -0.15) is 0 Å². The number of hydrogen-bond acceptors (Lipinski definition) is 5. The molecule has 45 heavy (non-hydrogen) atoms. The minimum absolute atomic E-state index is 0.0282. The summed E-state index contributed by atoms with van der Waals surface area (Å²) < 4.78 is 18.7. The summed E-state index contributed by atoms with van der Waals surface area (Å²) in [4.78, 5) is 2.42. The lowest BCUT2D eigenvalue weighted by Crippen LogP contribution is -2.36. The zero-order valence-corrected chi connectivity index (χ0v) is 25.6. The van der Waals surface area contributed by atoms with Crippen molar-refractivity contribution in [2.45, 2.75) is 51.2 Å². The number of nitrogens with zero attached hydrogens (tertiary/aromatic N) is 1. The van der Waals surface area contributed by atoms with Crippen molar-refractivity contribution in [3.63, 3.8) is 0 Å². The number of benzene rings is 5. The van der Waals surface area contributed by atoms with Crippen LogP contribution in [-0.2, 0) is 26.2 Å². The van der Waals surface area contributed by atoms with Crippen molar-refractivity contribution < 1.29 is 19.3 Å². The van der Waals surface area contributed by atoms with Gasteiger partial charge in [-0.25, -0.2) is 0 Å². The van der Waals surface area contributed by atoms with Crippen LogP contribution in [0.5, 0.6) is 17.2 Å². The number of para-hydroxylation sites is 1. The van der Waals surface area contributed by atoms with E-state index in [4.69, 9.17) is 14.2 Å². The minimum Gasteiger partial charge on any atom is -0.489 e. The highest BCUT2D eigenvalue weighted by Crippen LogP contribution is 2.36. The van der Waals surface area contributed by atoms with Gasteiger partial charge in [0.25, 0.3) is 0 Å². The van der Waals surface area contributed by atoms with Gasteiger partial charge in [-0.1, -0.05) is 115 Å². The summed E-state index contributed by atoms with van der Waals surface area (Å²) in [6.45, 7) is 3.22. The van der Waals surface area contributed by atoms with Crippen LogP contribution < -0.4 is 14.2 Å². The summed E-state index contributed by atoms with van der Waals surface area (Å²) in [5.74, 6) is 2.23. The molecule has 2 atom stereocenters. The van der Waals surface area contributed by atoms with E-state index >= 15 is 0 Å². The van der Waals surface area contributed by atoms with Crippen LogP contribution in [0.1, 0.15) is 46.8 Å². The molecule has 5 nitrogen and oxygen atoms in total. The van der Waals surface area contributed by atoms with Gasteiger partial charge in [0.15, 0.2) is 11.5 Å². The van der Waals surface area contributed by atoms with E-state index in [1.165, 1.54) is 5.56 Å². The van der Waals surface area contributed by atoms with Gasteiger partial charge in [-0.05, 0) is 71.8 Å². The van der Waals surface area contributed by atoms with E-state index in [0.29, 0.717) is 31.3 Å². The molecule has 5 aromatic rings. The molecule has 1 aliphatic heterocycles. The number of rotatable bonds is 14. The van der Waals surface area contributed by atoms with Crippen LogP contribution in [0.2, 0.25) is 0 Å². The maximum atomic E-state index is 11.7. The molecule has 1 saturated heterocycles. The molecular weight excluding hydrogens is 558 g/mol. The first-order valence-corrected chi connectivity index (χ1v) is 15.9. The molecule has 0 bridgehead atoms. The molecule has 6 rings (SSSR count). The van der Waals surface area contributed by atoms with Gasteiger partial charge in [-0.3, -0.25) is 4.90 Å². The smallest absolute Gasteiger partial charge is 0.162 e. The van der Waals surface area contributed by atoms with Crippen LogP contribution in [0, 0.1) is 0 Å². The Kier molecular flexibility index (Phi) is 10.4. The molecule has 230 valence electrons. The Hall–Kier alpha value is -4.58. The van der Waals surface area contributed by atoms with Gasteiger partial charge < -0.3 is 19.3 Å². The Morgan fingerprint density at radius 2 is 1.13 bits per heavy atom. The lowest BCUT2D eigenvalue weighted by atomic mass is 9.99. The fraction of sp³-hybridized carbons (Fsp3) is 0.250. The average Bonchev–Trinajstić information content (AvgIpc) is 3.58. The van der Waals surface area contributed by atoms with Crippen LogP contribution in [0.25, 0.3) is 0 Å². The Bertz CT molecular complexity index is 1610. The van der Waals surface area contributed by atoms with Gasteiger partial charge in [-0.15, -0.1) is 0 Å². The third-order valence-corrected chi connectivity index (χ3v) is 8.44. The first-order valence-electron chi connectivity index (χ1n) is 15.9. The Morgan fingerprint density at radius 3 is 1.76 bits per heavy atom. The van der Waals surface area contributed by atoms with E-state index in [9.17, 15) is 5.11 Å². The van der Waals surface area contributed by atoms with Crippen LogP contribution in [-0.4, -0.2) is 29.1 Å². The van der Waals surface area contributed by atoms with Crippen molar-refractivity contribution in [3.05, 3.63) is 161 Å². The SMILES string of the molecule is OC(c1ccc(OCc2ccccc2)c(OCc2ccccc2)c1)C1CCCN1CCc1ccccc1OCc1ccccc1. The molecule has 1 fully saturated rings. The van der Waals surface area contributed by atoms with Crippen molar-refractivity contribution in [1.82, 2.24) is 4.90 Å². The van der Waals surface area contributed by atoms with E-state index in [-0.39, 0.29) is 6.04 Å². The molecule has 0 aromatic heterocycles. The van der Waals surface area contributed by atoms with Crippen molar-refractivity contribution in [2.75, 3.05) is 13.1 Å². The first kappa shape index (κ1) is 30.4. The predicted molar refractivity (Wildman–Crippen MR) is 178 cm³/mol. The highest BCUT2D eigenvalue weighted by atomic mass is 16.5. The normalized spacial score (nSPS) is 15.4. The molecular formula is C40H41NO4. The molecule has 1 aliphatic rings. The van der Waals surface area contributed by atoms with E-state index in [1.54, 1.807) is 0 Å². The third kappa shape index (κ3) is 8.33. The average molecular weight is 600 g/mol. The second kappa shape index (κ2) is 15.4. The fourth-order valence-corrected chi connectivity index (χ4v) is 5.97. The molecule has 0 spiro atoms. The Labute approximate surface area is 266 Å². The van der Waals surface area contributed by atoms with Crippen molar-refractivity contribution in [2.24, 2.45) is 0 Å². The van der Waals surface area contributed by atoms with Gasteiger partial charge in [0.1, 0.15) is 25.6 Å².